The van der Waals surface area contributed by atoms with Crippen LogP contribution in [0.3, 0.4) is 0 Å². The monoisotopic (exact) mass is 216 g/mol. The fourth-order valence-corrected chi connectivity index (χ4v) is 1.78. The Hall–Kier alpha value is -1.78. The minimum atomic E-state index is -1.75. The number of hydrogen-bond donors (Lipinski definition) is 2. The third-order valence-corrected chi connectivity index (χ3v) is 2.45. The molecule has 0 fully saturated rings. The quantitative estimate of drug-likeness (QED) is 0.602. The number of furan rings is 1. The second-order valence-electron chi connectivity index (χ2n) is 3.40. The topological polar surface area (TPSA) is 53.6 Å². The van der Waals surface area contributed by atoms with Gasteiger partial charge in [0.25, 0.3) is 0 Å². The van der Waals surface area contributed by atoms with Gasteiger partial charge in [-0.1, -0.05) is 30.3 Å². The summed E-state index contributed by atoms with van der Waals surface area (Å²) < 4.78 is 36.6. The largest absolute Gasteiger partial charge is 0.489 e. The van der Waals surface area contributed by atoms with Crippen LogP contribution in [-0.4, -0.2) is 17.2 Å². The van der Waals surface area contributed by atoms with Crippen LogP contribution in [0.25, 0.3) is 21.9 Å². The van der Waals surface area contributed by atoms with Gasteiger partial charge in [-0.2, -0.15) is 0 Å². The molecule has 3 rings (SSSR count). The van der Waals surface area contributed by atoms with Crippen molar-refractivity contribution < 1.29 is 19.9 Å². The zero-order chi connectivity index (χ0) is 14.6. The van der Waals surface area contributed by atoms with Crippen molar-refractivity contribution in [2.24, 2.45) is 0 Å². The summed E-state index contributed by atoms with van der Waals surface area (Å²) in [6.07, 6.45) is 0. The summed E-state index contributed by atoms with van der Waals surface area (Å²) in [5, 5.41) is 19.3. The van der Waals surface area contributed by atoms with Gasteiger partial charge in [0.1, 0.15) is 11.2 Å². The van der Waals surface area contributed by atoms with E-state index in [1.807, 2.05) is 0 Å². The fourth-order valence-electron chi connectivity index (χ4n) is 1.78. The van der Waals surface area contributed by atoms with E-state index in [4.69, 9.17) is 9.90 Å². The molecule has 2 aromatic carbocycles. The Bertz CT molecular complexity index is 844. The number of hydrogen-bond acceptors (Lipinski definition) is 3. The second-order valence-corrected chi connectivity index (χ2v) is 3.40. The summed E-state index contributed by atoms with van der Waals surface area (Å²) in [4.78, 5) is 0. The maximum atomic E-state index is 9.41. The van der Waals surface area contributed by atoms with Gasteiger partial charge < -0.3 is 14.5 Å². The lowest BCUT2D eigenvalue weighted by Crippen LogP contribution is -2.30. The van der Waals surface area contributed by atoms with Crippen molar-refractivity contribution in [1.29, 1.82) is 0 Å². The van der Waals surface area contributed by atoms with Crippen molar-refractivity contribution in [3.05, 3.63) is 42.4 Å². The molecular formula is C12H9BO3. The molecule has 0 saturated heterocycles. The summed E-state index contributed by atoms with van der Waals surface area (Å²) in [5.41, 5.74) is 0.447. The molecule has 2 N–H and O–H groups in total. The highest BCUT2D eigenvalue weighted by Gasteiger charge is 2.18. The lowest BCUT2D eigenvalue weighted by atomic mass is 9.77. The van der Waals surface area contributed by atoms with Gasteiger partial charge in [0, 0.05) is 10.8 Å². The Morgan fingerprint density at radius 2 is 1.94 bits per heavy atom. The van der Waals surface area contributed by atoms with E-state index in [0.717, 1.165) is 0 Å². The molecule has 4 heteroatoms. The summed E-state index contributed by atoms with van der Waals surface area (Å²) in [6, 6.07) is 3.32. The molecule has 0 aliphatic carbocycles. The van der Waals surface area contributed by atoms with Crippen LogP contribution in [0.5, 0.6) is 0 Å². The van der Waals surface area contributed by atoms with Crippen molar-refractivity contribution in [3.63, 3.8) is 0 Å². The third kappa shape index (κ3) is 1.24. The van der Waals surface area contributed by atoms with E-state index < -0.39 is 7.12 Å². The predicted molar refractivity (Wildman–Crippen MR) is 63.5 cm³/mol. The second kappa shape index (κ2) is 3.37. The van der Waals surface area contributed by atoms with Crippen LogP contribution in [0.15, 0.2) is 46.8 Å². The first-order valence-electron chi connectivity index (χ1n) is 6.71. The highest BCUT2D eigenvalue weighted by atomic mass is 16.4. The Kier molecular flexibility index (Phi) is 1.28. The highest BCUT2D eigenvalue weighted by molar-refractivity contribution is 6.62. The smallest absolute Gasteiger partial charge is 0.456 e. The van der Waals surface area contributed by atoms with E-state index in [1.54, 1.807) is 12.1 Å². The normalized spacial score (nSPS) is 14.6. The fraction of sp³-hybridized carbons (Fsp3) is 0. The van der Waals surface area contributed by atoms with E-state index in [-0.39, 0.29) is 46.2 Å². The van der Waals surface area contributed by atoms with Crippen LogP contribution in [0.4, 0.5) is 0 Å². The van der Waals surface area contributed by atoms with Crippen LogP contribution in [0.2, 0.25) is 0 Å². The van der Waals surface area contributed by atoms with Gasteiger partial charge in [-0.3, -0.25) is 0 Å². The van der Waals surface area contributed by atoms with E-state index in [1.165, 1.54) is 6.07 Å². The molecule has 0 radical (unpaired) electrons. The molecule has 0 saturated carbocycles. The average Bonchev–Trinajstić information content (AvgIpc) is 2.81. The Balaban J connectivity index is 2.63. The number of rotatable bonds is 1. The molecule has 0 unspecified atom stereocenters. The molecule has 1 heterocycles. The van der Waals surface area contributed by atoms with Crippen molar-refractivity contribution in [1.82, 2.24) is 0 Å². The Labute approximate surface area is 97.7 Å². The number of fused-ring (bicyclic) bond motifs is 3. The molecule has 0 spiro atoms. The van der Waals surface area contributed by atoms with Gasteiger partial charge in [0.2, 0.25) is 0 Å². The van der Waals surface area contributed by atoms with Crippen LogP contribution in [0, 0.1) is 0 Å². The standard InChI is InChI=1S/C12H9BO3/c14-13(15)9-5-3-7-11-12(9)8-4-1-2-6-10(8)16-11/h1-7,14-15H/i1D,2D,4D,6D. The Morgan fingerprint density at radius 1 is 1.12 bits per heavy atom. The zero-order valence-electron chi connectivity index (χ0n) is 12.1. The number of para-hydroxylation sites is 1. The zero-order valence-corrected chi connectivity index (χ0v) is 8.11. The lowest BCUT2D eigenvalue weighted by molar-refractivity contribution is 0.426. The first-order chi connectivity index (χ1) is 9.43. The van der Waals surface area contributed by atoms with Crippen molar-refractivity contribution in [3.8, 4) is 0 Å². The molecular weight excluding hydrogens is 203 g/mol. The average molecular weight is 216 g/mol. The van der Waals surface area contributed by atoms with Gasteiger partial charge in [-0.25, -0.2) is 0 Å². The van der Waals surface area contributed by atoms with Crippen LogP contribution >= 0.6 is 0 Å². The Morgan fingerprint density at radius 3 is 2.75 bits per heavy atom. The molecule has 16 heavy (non-hydrogen) atoms. The highest BCUT2D eigenvalue weighted by Crippen LogP contribution is 2.26. The molecule has 3 aromatic rings. The van der Waals surface area contributed by atoms with Gasteiger partial charge in [-0.05, 0) is 17.6 Å². The van der Waals surface area contributed by atoms with Gasteiger partial charge in [0.15, 0.2) is 0 Å². The lowest BCUT2D eigenvalue weighted by Gasteiger charge is -2.00. The minimum Gasteiger partial charge on any atom is -0.456 e. The summed E-state index contributed by atoms with van der Waals surface area (Å²) in [6.45, 7) is 0. The number of benzene rings is 2. The van der Waals surface area contributed by atoms with Gasteiger partial charge in [-0.15, -0.1) is 0 Å². The summed E-state index contributed by atoms with van der Waals surface area (Å²) >= 11 is 0. The molecule has 78 valence electrons. The predicted octanol–water partition coefficient (Wildman–Crippen LogP) is 1.27. The SMILES string of the molecule is [2H]c1c([2H])c([2H])c2c(oc3cccc(B(O)O)c32)c1[2H]. The van der Waals surface area contributed by atoms with Crippen LogP contribution in [0.1, 0.15) is 5.48 Å². The van der Waals surface area contributed by atoms with Gasteiger partial charge >= 0.3 is 7.12 Å². The first-order valence-corrected chi connectivity index (χ1v) is 4.71. The third-order valence-electron chi connectivity index (χ3n) is 2.45. The van der Waals surface area contributed by atoms with Crippen LogP contribution < -0.4 is 5.46 Å². The van der Waals surface area contributed by atoms with Crippen molar-refractivity contribution in [2.45, 2.75) is 0 Å². The first kappa shape index (κ1) is 6.08. The summed E-state index contributed by atoms with van der Waals surface area (Å²) in [7, 11) is -1.75. The molecule has 0 aliphatic heterocycles. The van der Waals surface area contributed by atoms with Crippen molar-refractivity contribution in [2.75, 3.05) is 0 Å². The molecule has 0 atom stereocenters. The van der Waals surface area contributed by atoms with E-state index >= 15 is 0 Å². The van der Waals surface area contributed by atoms with Gasteiger partial charge in [0.05, 0.1) is 5.48 Å². The molecule has 3 nitrogen and oxygen atoms in total. The molecule has 0 aliphatic rings. The van der Waals surface area contributed by atoms with E-state index in [9.17, 15) is 10.0 Å². The van der Waals surface area contributed by atoms with Crippen LogP contribution in [-0.2, 0) is 0 Å². The minimum absolute atomic E-state index is 0.0131. The molecule has 0 amide bonds. The maximum Gasteiger partial charge on any atom is 0.489 e. The maximum absolute atomic E-state index is 9.41. The molecule has 1 aromatic heterocycles. The van der Waals surface area contributed by atoms with E-state index in [2.05, 4.69) is 0 Å². The molecule has 0 bridgehead atoms. The van der Waals surface area contributed by atoms with E-state index in [0.29, 0.717) is 5.39 Å². The summed E-state index contributed by atoms with van der Waals surface area (Å²) in [5.74, 6) is 0. The van der Waals surface area contributed by atoms with Crippen molar-refractivity contribution >= 4 is 34.5 Å².